The van der Waals surface area contributed by atoms with Crippen LogP contribution in [0.3, 0.4) is 0 Å². The lowest BCUT2D eigenvalue weighted by atomic mass is 10.2. The molecule has 0 heterocycles. The van der Waals surface area contributed by atoms with Crippen LogP contribution in [-0.4, -0.2) is 6.54 Å². The average Bonchev–Trinajstić information content (AvgIpc) is 2.15. The van der Waals surface area contributed by atoms with Gasteiger partial charge >= 0.3 is 0 Å². The summed E-state index contributed by atoms with van der Waals surface area (Å²) in [5.74, 6) is 0. The highest BCUT2D eigenvalue weighted by Gasteiger charge is 1.95. The molecule has 1 rings (SSSR count). The third-order valence-corrected chi connectivity index (χ3v) is 2.17. The van der Waals surface area contributed by atoms with Crippen LogP contribution in [0.25, 0.3) is 0 Å². The second-order valence-electron chi connectivity index (χ2n) is 2.58. The zero-order chi connectivity index (χ0) is 9.52. The van der Waals surface area contributed by atoms with Crippen LogP contribution in [0.4, 0.5) is 0 Å². The van der Waals surface area contributed by atoms with Crippen LogP contribution in [0.2, 0.25) is 5.02 Å². The maximum absolute atomic E-state index is 5.95. The number of hydrogen-bond donors (Lipinski definition) is 1. The van der Waals surface area contributed by atoms with Gasteiger partial charge in [-0.15, -0.1) is 0 Å². The van der Waals surface area contributed by atoms with Crippen molar-refractivity contribution in [3.8, 4) is 0 Å². The molecule has 0 unspecified atom stereocenters. The van der Waals surface area contributed by atoms with Crippen LogP contribution in [0.1, 0.15) is 5.56 Å². The van der Waals surface area contributed by atoms with E-state index in [1.54, 1.807) is 0 Å². The molecule has 0 bridgehead atoms. The van der Waals surface area contributed by atoms with Crippen molar-refractivity contribution >= 4 is 23.2 Å². The summed E-state index contributed by atoms with van der Waals surface area (Å²) in [4.78, 5) is 0. The third-order valence-electron chi connectivity index (χ3n) is 1.62. The van der Waals surface area contributed by atoms with Gasteiger partial charge in [-0.2, -0.15) is 0 Å². The molecule has 0 atom stereocenters. The highest BCUT2D eigenvalue weighted by atomic mass is 35.5. The van der Waals surface area contributed by atoms with E-state index in [0.29, 0.717) is 0 Å². The molecule has 0 aliphatic heterocycles. The first kappa shape index (κ1) is 10.6. The van der Waals surface area contributed by atoms with Crippen molar-refractivity contribution in [1.29, 1.82) is 0 Å². The predicted octanol–water partition coefficient (Wildman–Crippen LogP) is 3.18. The summed E-state index contributed by atoms with van der Waals surface area (Å²) in [6, 6.07) is 7.78. The molecule has 0 saturated heterocycles. The number of rotatable bonds is 4. The van der Waals surface area contributed by atoms with Crippen LogP contribution in [0.5, 0.6) is 0 Å². The lowest BCUT2D eigenvalue weighted by Crippen LogP contribution is -2.12. The monoisotopic (exact) mass is 215 g/mol. The maximum Gasteiger partial charge on any atom is 0.0450 e. The summed E-state index contributed by atoms with van der Waals surface area (Å²) in [6.07, 6.45) is 1.85. The Kier molecular flexibility index (Phi) is 4.91. The van der Waals surface area contributed by atoms with Crippen molar-refractivity contribution in [3.63, 3.8) is 0 Å². The second kappa shape index (κ2) is 6.03. The smallest absolute Gasteiger partial charge is 0.0450 e. The van der Waals surface area contributed by atoms with Gasteiger partial charge in [-0.05, 0) is 11.6 Å². The van der Waals surface area contributed by atoms with Crippen LogP contribution in [0, 0.1) is 0 Å². The normalized spacial score (nSPS) is 10.9. The molecule has 1 aromatic rings. The summed E-state index contributed by atoms with van der Waals surface area (Å²) in [5.41, 5.74) is 2.60. The molecule has 0 aliphatic rings. The van der Waals surface area contributed by atoms with Gasteiger partial charge in [0.1, 0.15) is 0 Å². The lowest BCUT2D eigenvalue weighted by molar-refractivity contribution is 0.760. The van der Waals surface area contributed by atoms with E-state index < -0.39 is 0 Å². The summed E-state index contributed by atoms with van der Waals surface area (Å²) in [7, 11) is 0. The van der Waals surface area contributed by atoms with E-state index in [4.69, 9.17) is 23.2 Å². The number of halogens is 2. The molecule has 70 valence electrons. The molecule has 0 radical (unpaired) electrons. The van der Waals surface area contributed by atoms with Crippen LogP contribution in [-0.2, 0) is 6.54 Å². The summed E-state index contributed by atoms with van der Waals surface area (Å²) < 4.78 is 0. The van der Waals surface area contributed by atoms with Gasteiger partial charge in [0.2, 0.25) is 0 Å². The van der Waals surface area contributed by atoms with Gasteiger partial charge in [-0.25, -0.2) is 0 Å². The number of nitrogens with one attached hydrogen (secondary N) is 1. The van der Waals surface area contributed by atoms with E-state index in [1.807, 2.05) is 30.3 Å². The highest BCUT2D eigenvalue weighted by molar-refractivity contribution is 6.31. The first-order valence-electron chi connectivity index (χ1n) is 4.04. The van der Waals surface area contributed by atoms with E-state index in [9.17, 15) is 0 Å². The first-order valence-corrected chi connectivity index (χ1v) is 4.85. The predicted molar refractivity (Wildman–Crippen MR) is 58.2 cm³/mol. The van der Waals surface area contributed by atoms with E-state index in [1.165, 1.54) is 5.54 Å². The molecule has 0 aliphatic carbocycles. The molecular formula is C10H11Cl2N. The fourth-order valence-corrected chi connectivity index (χ4v) is 1.27. The molecule has 0 amide bonds. The van der Waals surface area contributed by atoms with Gasteiger partial charge in [0, 0.05) is 23.6 Å². The minimum absolute atomic E-state index is 0.759. The van der Waals surface area contributed by atoms with Crippen molar-refractivity contribution in [3.05, 3.63) is 46.5 Å². The van der Waals surface area contributed by atoms with Gasteiger partial charge in [0.25, 0.3) is 0 Å². The molecule has 13 heavy (non-hydrogen) atoms. The molecule has 3 heteroatoms. The highest BCUT2D eigenvalue weighted by Crippen LogP contribution is 2.13. The Morgan fingerprint density at radius 2 is 2.08 bits per heavy atom. The lowest BCUT2D eigenvalue weighted by Gasteiger charge is -2.03. The van der Waals surface area contributed by atoms with Crippen LogP contribution < -0.4 is 5.32 Å². The molecule has 1 nitrogen and oxygen atoms in total. The van der Waals surface area contributed by atoms with Crippen molar-refractivity contribution in [2.24, 2.45) is 0 Å². The van der Waals surface area contributed by atoms with Crippen molar-refractivity contribution in [2.45, 2.75) is 6.54 Å². The number of hydrogen-bond acceptors (Lipinski definition) is 1. The average molecular weight is 216 g/mol. The standard InChI is InChI=1S/C10H11Cl2N/c11-6-3-7-13-8-9-4-1-2-5-10(9)12/h1-6,13H,7-8H2/b6-3+. The van der Waals surface area contributed by atoms with E-state index in [2.05, 4.69) is 5.32 Å². The quantitative estimate of drug-likeness (QED) is 0.762. The Hall–Kier alpha value is -0.500. The first-order chi connectivity index (χ1) is 6.34. The van der Waals surface area contributed by atoms with Crippen LogP contribution >= 0.6 is 23.2 Å². The van der Waals surface area contributed by atoms with Crippen LogP contribution in [0.15, 0.2) is 35.9 Å². The fourth-order valence-electron chi connectivity index (χ4n) is 0.976. The minimum Gasteiger partial charge on any atom is -0.309 e. The van der Waals surface area contributed by atoms with Crippen molar-refractivity contribution < 1.29 is 0 Å². The van der Waals surface area contributed by atoms with Gasteiger partial charge in [0.15, 0.2) is 0 Å². The molecule has 1 aromatic carbocycles. The Morgan fingerprint density at radius 1 is 1.31 bits per heavy atom. The Morgan fingerprint density at radius 3 is 2.77 bits per heavy atom. The van der Waals surface area contributed by atoms with Crippen molar-refractivity contribution in [2.75, 3.05) is 6.54 Å². The zero-order valence-corrected chi connectivity index (χ0v) is 8.65. The molecule has 0 saturated carbocycles. The van der Waals surface area contributed by atoms with E-state index in [0.717, 1.165) is 23.7 Å². The number of benzene rings is 1. The van der Waals surface area contributed by atoms with E-state index >= 15 is 0 Å². The van der Waals surface area contributed by atoms with Gasteiger partial charge < -0.3 is 5.32 Å². The molecule has 1 N–H and O–H groups in total. The maximum atomic E-state index is 5.95. The molecule has 0 aromatic heterocycles. The fraction of sp³-hybridized carbons (Fsp3) is 0.200. The van der Waals surface area contributed by atoms with Gasteiger partial charge in [-0.3, -0.25) is 0 Å². The second-order valence-corrected chi connectivity index (χ2v) is 3.24. The topological polar surface area (TPSA) is 12.0 Å². The van der Waals surface area contributed by atoms with Gasteiger partial charge in [-0.1, -0.05) is 47.5 Å². The summed E-state index contributed by atoms with van der Waals surface area (Å²) in [6.45, 7) is 1.52. The van der Waals surface area contributed by atoms with Crippen molar-refractivity contribution in [1.82, 2.24) is 5.32 Å². The Bertz CT molecular complexity index is 284. The molecule has 0 spiro atoms. The molecule has 0 fully saturated rings. The minimum atomic E-state index is 0.759. The third kappa shape index (κ3) is 3.81. The summed E-state index contributed by atoms with van der Waals surface area (Å²) >= 11 is 11.3. The van der Waals surface area contributed by atoms with Gasteiger partial charge in [0.05, 0.1) is 0 Å². The summed E-state index contributed by atoms with van der Waals surface area (Å²) in [5, 5.41) is 3.98. The largest absolute Gasteiger partial charge is 0.309 e. The molecular weight excluding hydrogens is 205 g/mol. The Balaban J connectivity index is 2.41. The Labute approximate surface area is 88.4 Å². The van der Waals surface area contributed by atoms with E-state index in [-0.39, 0.29) is 0 Å². The SMILES string of the molecule is Cl/C=C/CNCc1ccccc1Cl. The zero-order valence-electron chi connectivity index (χ0n) is 7.13.